The Labute approximate surface area is 197 Å². The summed E-state index contributed by atoms with van der Waals surface area (Å²) in [6, 6.07) is 21.1. The fraction of sp³-hybridized carbons (Fsp3) is 0.269. The van der Waals surface area contributed by atoms with E-state index in [1.165, 1.54) is 22.1 Å². The van der Waals surface area contributed by atoms with E-state index in [1.54, 1.807) is 5.51 Å². The van der Waals surface area contributed by atoms with Crippen LogP contribution < -0.4 is 10.2 Å². The number of thiazole rings is 1. The first-order valence-corrected chi connectivity index (χ1v) is 12.2. The third kappa shape index (κ3) is 5.31. The number of aromatic nitrogens is 2. The Morgan fingerprint density at radius 3 is 2.91 bits per heavy atom. The number of pyridine rings is 1. The lowest BCUT2D eigenvalue weighted by Gasteiger charge is -2.18. The number of benzene rings is 2. The second-order valence-electron chi connectivity index (χ2n) is 8.32. The molecule has 1 saturated heterocycles. The third-order valence-corrected chi connectivity index (χ3v) is 6.68. The van der Waals surface area contributed by atoms with Crippen LogP contribution in [0.4, 0.5) is 10.6 Å². The molecule has 1 aliphatic rings. The number of amides is 1. The van der Waals surface area contributed by atoms with E-state index < -0.39 is 0 Å². The number of carbonyl (C=O) groups excluding carboxylic acids is 1. The van der Waals surface area contributed by atoms with E-state index in [-0.39, 0.29) is 12.7 Å². The summed E-state index contributed by atoms with van der Waals surface area (Å²) in [4.78, 5) is 23.3. The van der Waals surface area contributed by atoms with Crippen molar-refractivity contribution in [3.05, 3.63) is 77.2 Å². The van der Waals surface area contributed by atoms with Crippen LogP contribution in [0.25, 0.3) is 22.0 Å². The van der Waals surface area contributed by atoms with Crippen LogP contribution >= 0.6 is 11.3 Å². The predicted octanol–water partition coefficient (Wildman–Crippen LogP) is 5.50. The van der Waals surface area contributed by atoms with Crippen LogP contribution in [-0.2, 0) is 11.3 Å². The van der Waals surface area contributed by atoms with Crippen molar-refractivity contribution in [1.82, 2.24) is 15.3 Å². The van der Waals surface area contributed by atoms with Crippen molar-refractivity contribution in [2.24, 2.45) is 5.92 Å². The zero-order chi connectivity index (χ0) is 22.5. The van der Waals surface area contributed by atoms with Gasteiger partial charge in [-0.3, -0.25) is 0 Å². The van der Waals surface area contributed by atoms with Crippen LogP contribution in [0.2, 0.25) is 0 Å². The molecule has 1 amide bonds. The number of nitrogens with one attached hydrogen (secondary N) is 1. The van der Waals surface area contributed by atoms with Gasteiger partial charge in [-0.1, -0.05) is 42.5 Å². The highest BCUT2D eigenvalue weighted by molar-refractivity contribution is 7.07. The summed E-state index contributed by atoms with van der Waals surface area (Å²) in [7, 11) is 0. The van der Waals surface area contributed by atoms with E-state index in [0.717, 1.165) is 48.7 Å². The molecule has 7 heteroatoms. The maximum Gasteiger partial charge on any atom is 0.407 e. The van der Waals surface area contributed by atoms with Gasteiger partial charge in [0.2, 0.25) is 0 Å². The lowest BCUT2D eigenvalue weighted by Crippen LogP contribution is -2.27. The second kappa shape index (κ2) is 10.0. The van der Waals surface area contributed by atoms with E-state index in [9.17, 15) is 4.79 Å². The third-order valence-electron chi connectivity index (χ3n) is 6.05. The van der Waals surface area contributed by atoms with E-state index >= 15 is 0 Å². The Morgan fingerprint density at radius 1 is 1.12 bits per heavy atom. The lowest BCUT2D eigenvalue weighted by molar-refractivity contribution is 0.138. The highest BCUT2D eigenvalue weighted by Crippen LogP contribution is 2.28. The van der Waals surface area contributed by atoms with E-state index in [0.29, 0.717) is 12.5 Å². The monoisotopic (exact) mass is 458 g/mol. The van der Waals surface area contributed by atoms with Gasteiger partial charge in [-0.25, -0.2) is 14.8 Å². The minimum Gasteiger partial charge on any atom is -0.443 e. The van der Waals surface area contributed by atoms with Gasteiger partial charge in [-0.2, -0.15) is 0 Å². The van der Waals surface area contributed by atoms with E-state index in [2.05, 4.69) is 75.9 Å². The number of carbonyl (C=O) groups is 1. The number of ether oxygens (including phenoxy) is 1. The van der Waals surface area contributed by atoms with Gasteiger partial charge in [0.05, 0.1) is 16.9 Å². The van der Waals surface area contributed by atoms with E-state index in [4.69, 9.17) is 9.72 Å². The van der Waals surface area contributed by atoms with Gasteiger partial charge in [0.1, 0.15) is 12.4 Å². The SMILES string of the molecule is O=C(NCCC1CCN(c2cccc(-c3ccc4ccccc4c3)n2)C1)OCc1cscn1. The molecule has 1 N–H and O–H groups in total. The van der Waals surface area contributed by atoms with Crippen LogP contribution in [0.15, 0.2) is 71.6 Å². The molecule has 0 saturated carbocycles. The Morgan fingerprint density at radius 2 is 2.03 bits per heavy atom. The molecule has 6 nitrogen and oxygen atoms in total. The van der Waals surface area contributed by atoms with Crippen LogP contribution in [0.1, 0.15) is 18.5 Å². The fourth-order valence-corrected chi connectivity index (χ4v) is 4.81. The molecule has 1 atom stereocenters. The maximum atomic E-state index is 11.9. The quantitative estimate of drug-likeness (QED) is 0.396. The first-order valence-electron chi connectivity index (χ1n) is 11.2. The summed E-state index contributed by atoms with van der Waals surface area (Å²) in [6.07, 6.45) is 1.63. The van der Waals surface area contributed by atoms with Gasteiger partial charge in [0.15, 0.2) is 0 Å². The van der Waals surface area contributed by atoms with E-state index in [1.807, 2.05) is 5.38 Å². The molecule has 5 rings (SSSR count). The molecule has 1 aliphatic heterocycles. The number of rotatable bonds is 7. The summed E-state index contributed by atoms with van der Waals surface area (Å²) in [5.41, 5.74) is 4.63. The van der Waals surface area contributed by atoms with Gasteiger partial charge < -0.3 is 15.0 Å². The molecular formula is C26H26N4O2S. The van der Waals surface area contributed by atoms with Crippen LogP contribution in [-0.4, -0.2) is 35.7 Å². The van der Waals surface area contributed by atoms with Crippen molar-refractivity contribution < 1.29 is 9.53 Å². The molecule has 0 aliphatic carbocycles. The number of anilines is 1. The molecule has 4 aromatic rings. The van der Waals surface area contributed by atoms with Gasteiger partial charge >= 0.3 is 6.09 Å². The smallest absolute Gasteiger partial charge is 0.407 e. The molecule has 0 bridgehead atoms. The van der Waals surface area contributed by atoms with Crippen LogP contribution in [0.5, 0.6) is 0 Å². The number of hydrogen-bond acceptors (Lipinski definition) is 6. The summed E-state index contributed by atoms with van der Waals surface area (Å²) < 4.78 is 5.20. The first-order chi connectivity index (χ1) is 16.2. The van der Waals surface area contributed by atoms with Gasteiger partial charge in [-0.15, -0.1) is 11.3 Å². The first kappa shape index (κ1) is 21.4. The molecule has 1 unspecified atom stereocenters. The second-order valence-corrected chi connectivity index (χ2v) is 9.03. The van der Waals surface area contributed by atoms with Crippen molar-refractivity contribution in [3.8, 4) is 11.3 Å². The number of hydrogen-bond donors (Lipinski definition) is 1. The lowest BCUT2D eigenvalue weighted by atomic mass is 10.0. The minimum atomic E-state index is -0.386. The average Bonchev–Trinajstić information content (AvgIpc) is 3.55. The molecule has 3 heterocycles. The standard InChI is InChI=1S/C26H26N4O2S/c31-26(32-16-23-17-33-18-28-23)27-12-10-19-11-13-30(15-19)25-7-3-6-24(29-25)22-9-8-20-4-1-2-5-21(20)14-22/h1-9,14,17-19H,10-13,15-16H2,(H,27,31). The van der Waals surface area contributed by atoms with Crippen LogP contribution in [0.3, 0.4) is 0 Å². The van der Waals surface area contributed by atoms with Crippen LogP contribution in [0, 0.1) is 5.92 Å². The number of fused-ring (bicyclic) bond motifs is 1. The highest BCUT2D eigenvalue weighted by atomic mass is 32.1. The van der Waals surface area contributed by atoms with Gasteiger partial charge in [0.25, 0.3) is 0 Å². The summed E-state index contributed by atoms with van der Waals surface area (Å²) in [5.74, 6) is 1.54. The molecule has 0 spiro atoms. The molecule has 1 fully saturated rings. The zero-order valence-corrected chi connectivity index (χ0v) is 19.1. The Kier molecular flexibility index (Phi) is 6.48. The Hall–Kier alpha value is -3.45. The molecule has 168 valence electrons. The van der Waals surface area contributed by atoms with Gasteiger partial charge in [0, 0.05) is 30.6 Å². The molecular weight excluding hydrogens is 432 g/mol. The average molecular weight is 459 g/mol. The minimum absolute atomic E-state index is 0.214. The van der Waals surface area contributed by atoms with Crippen molar-refractivity contribution in [3.63, 3.8) is 0 Å². The normalized spacial score (nSPS) is 15.6. The Balaban J connectivity index is 1.14. The maximum absolute atomic E-state index is 11.9. The zero-order valence-electron chi connectivity index (χ0n) is 18.3. The molecule has 2 aromatic heterocycles. The van der Waals surface area contributed by atoms with Crippen molar-refractivity contribution in [1.29, 1.82) is 0 Å². The number of nitrogens with zero attached hydrogens (tertiary/aromatic N) is 3. The van der Waals surface area contributed by atoms with Crippen molar-refractivity contribution in [2.75, 3.05) is 24.5 Å². The molecule has 33 heavy (non-hydrogen) atoms. The van der Waals surface area contributed by atoms with Crippen molar-refractivity contribution >= 4 is 34.0 Å². The molecule has 0 radical (unpaired) electrons. The predicted molar refractivity (Wildman–Crippen MR) is 132 cm³/mol. The Bertz CT molecular complexity index is 1230. The topological polar surface area (TPSA) is 67.4 Å². The van der Waals surface area contributed by atoms with Gasteiger partial charge in [-0.05, 0) is 47.7 Å². The summed E-state index contributed by atoms with van der Waals surface area (Å²) >= 11 is 1.49. The number of alkyl carbamates (subject to hydrolysis) is 1. The fourth-order valence-electron chi connectivity index (χ4n) is 4.26. The summed E-state index contributed by atoms with van der Waals surface area (Å²) in [6.45, 7) is 2.75. The molecule has 2 aromatic carbocycles. The summed E-state index contributed by atoms with van der Waals surface area (Å²) in [5, 5.41) is 7.19. The highest BCUT2D eigenvalue weighted by Gasteiger charge is 2.23. The van der Waals surface area contributed by atoms with Crippen molar-refractivity contribution in [2.45, 2.75) is 19.4 Å². The largest absolute Gasteiger partial charge is 0.443 e.